The highest BCUT2D eigenvalue weighted by atomic mass is 32.2. The molecule has 212 valence electrons. The molecule has 0 saturated carbocycles. The second-order valence-corrected chi connectivity index (χ2v) is 12.4. The van der Waals surface area contributed by atoms with Crippen molar-refractivity contribution in [3.8, 4) is 0 Å². The molecule has 2 unspecified atom stereocenters. The second-order valence-electron chi connectivity index (χ2n) is 10.4. The van der Waals surface area contributed by atoms with Crippen molar-refractivity contribution in [1.82, 2.24) is 10.6 Å². The molecule has 3 N–H and O–H groups in total. The zero-order valence-corrected chi connectivity index (χ0v) is 25.6. The van der Waals surface area contributed by atoms with Crippen molar-refractivity contribution in [2.75, 3.05) is 23.5 Å². The molecule has 37 heavy (non-hydrogen) atoms. The zero-order chi connectivity index (χ0) is 28.4. The van der Waals surface area contributed by atoms with Crippen LogP contribution >= 0.6 is 23.5 Å². The number of nitrogens with one attached hydrogen (secondary N) is 2. The van der Waals surface area contributed by atoms with Crippen LogP contribution in [0.4, 0.5) is 4.79 Å². The second kappa shape index (κ2) is 19.2. The molecule has 0 rings (SSSR count). The van der Waals surface area contributed by atoms with Crippen molar-refractivity contribution in [3.63, 3.8) is 0 Å². The maximum absolute atomic E-state index is 12.8. The predicted octanol–water partition coefficient (Wildman–Crippen LogP) is 6.35. The number of allylic oxidation sites excluding steroid dienone is 5. The summed E-state index contributed by atoms with van der Waals surface area (Å²) >= 11 is 2.99. The number of thioether (sulfide) groups is 2. The Hall–Kier alpha value is -1.87. The summed E-state index contributed by atoms with van der Waals surface area (Å²) in [6, 6.07) is -1.91. The molecule has 0 fully saturated rings. The van der Waals surface area contributed by atoms with Gasteiger partial charge in [-0.3, -0.25) is 4.79 Å². The fourth-order valence-corrected chi connectivity index (χ4v) is 4.60. The summed E-state index contributed by atoms with van der Waals surface area (Å²) in [6.45, 7) is 13.7. The van der Waals surface area contributed by atoms with Crippen LogP contribution in [0.5, 0.6) is 0 Å². The predicted molar refractivity (Wildman–Crippen MR) is 158 cm³/mol. The Bertz CT molecular complexity index is 812. The van der Waals surface area contributed by atoms with Crippen LogP contribution in [-0.4, -0.2) is 64.3 Å². The van der Waals surface area contributed by atoms with E-state index in [1.54, 1.807) is 20.8 Å². The average molecular weight is 557 g/mol. The quantitative estimate of drug-likeness (QED) is 0.142. The number of carbonyl (C=O) groups is 3. The third-order valence-corrected chi connectivity index (χ3v) is 6.80. The molecule has 0 aliphatic rings. The average Bonchev–Trinajstić information content (AvgIpc) is 2.76. The minimum absolute atomic E-state index is 0.232. The number of aliphatic carboxylic acids is 1. The van der Waals surface area contributed by atoms with Crippen LogP contribution in [0, 0.1) is 0 Å². The molecule has 0 spiro atoms. The van der Waals surface area contributed by atoms with Gasteiger partial charge in [0.25, 0.3) is 0 Å². The number of alkyl carbamates (subject to hydrolysis) is 1. The van der Waals surface area contributed by atoms with E-state index in [0.717, 1.165) is 25.7 Å². The van der Waals surface area contributed by atoms with Crippen LogP contribution in [0.3, 0.4) is 0 Å². The van der Waals surface area contributed by atoms with Gasteiger partial charge in [-0.25, -0.2) is 9.59 Å². The normalized spacial score (nSPS) is 13.9. The fourth-order valence-electron chi connectivity index (χ4n) is 3.13. The fraction of sp³-hybridized carbons (Fsp3) is 0.679. The van der Waals surface area contributed by atoms with E-state index < -0.39 is 35.7 Å². The van der Waals surface area contributed by atoms with Crippen molar-refractivity contribution in [1.29, 1.82) is 0 Å². The monoisotopic (exact) mass is 556 g/mol. The molecule has 0 aromatic carbocycles. The lowest BCUT2D eigenvalue weighted by Crippen LogP contribution is -2.53. The van der Waals surface area contributed by atoms with Gasteiger partial charge in [0, 0.05) is 11.5 Å². The van der Waals surface area contributed by atoms with Gasteiger partial charge in [0.1, 0.15) is 17.7 Å². The first-order valence-electron chi connectivity index (χ1n) is 12.8. The molecular weight excluding hydrogens is 508 g/mol. The van der Waals surface area contributed by atoms with Gasteiger partial charge >= 0.3 is 12.1 Å². The van der Waals surface area contributed by atoms with Crippen LogP contribution in [0.2, 0.25) is 0 Å². The van der Waals surface area contributed by atoms with Crippen LogP contribution in [0.15, 0.2) is 34.9 Å². The smallest absolute Gasteiger partial charge is 0.408 e. The lowest BCUT2D eigenvalue weighted by Gasteiger charge is -2.24. The van der Waals surface area contributed by atoms with E-state index in [2.05, 4.69) is 56.6 Å². The zero-order valence-electron chi connectivity index (χ0n) is 23.9. The lowest BCUT2D eigenvalue weighted by atomic mass is 10.1. The molecular formula is C28H48N2O5S2. The van der Waals surface area contributed by atoms with Gasteiger partial charge in [-0.05, 0) is 92.6 Å². The summed E-state index contributed by atoms with van der Waals surface area (Å²) in [7, 11) is 0. The summed E-state index contributed by atoms with van der Waals surface area (Å²) in [5, 5.41) is 14.8. The summed E-state index contributed by atoms with van der Waals surface area (Å²) in [6.07, 6.45) is 12.3. The Balaban J connectivity index is 4.73. The highest BCUT2D eigenvalue weighted by molar-refractivity contribution is 7.99. The molecule has 2 atom stereocenters. The van der Waals surface area contributed by atoms with Gasteiger partial charge < -0.3 is 20.5 Å². The first kappa shape index (κ1) is 35.1. The van der Waals surface area contributed by atoms with Crippen molar-refractivity contribution < 1.29 is 24.2 Å². The number of hydrogen-bond acceptors (Lipinski definition) is 6. The van der Waals surface area contributed by atoms with E-state index in [9.17, 15) is 19.5 Å². The van der Waals surface area contributed by atoms with Crippen LogP contribution in [-0.2, 0) is 14.3 Å². The molecule has 0 bridgehead atoms. The van der Waals surface area contributed by atoms with Gasteiger partial charge in [0.15, 0.2) is 0 Å². The van der Waals surface area contributed by atoms with E-state index in [-0.39, 0.29) is 5.75 Å². The number of ether oxygens (including phenoxy) is 1. The molecule has 0 aliphatic carbocycles. The van der Waals surface area contributed by atoms with Crippen molar-refractivity contribution in [2.45, 2.75) is 98.3 Å². The topological polar surface area (TPSA) is 105 Å². The lowest BCUT2D eigenvalue weighted by molar-refractivity contribution is -0.141. The summed E-state index contributed by atoms with van der Waals surface area (Å²) in [5.41, 5.74) is 3.31. The number of carboxylic acid groups (broad SMARTS) is 1. The molecule has 0 aromatic rings. The minimum Gasteiger partial charge on any atom is -0.480 e. The molecule has 9 heteroatoms. The molecule has 0 heterocycles. The maximum Gasteiger partial charge on any atom is 0.408 e. The van der Waals surface area contributed by atoms with E-state index in [4.69, 9.17) is 4.74 Å². The molecule has 0 saturated heterocycles. The highest BCUT2D eigenvalue weighted by Crippen LogP contribution is 2.14. The van der Waals surface area contributed by atoms with E-state index in [0.29, 0.717) is 17.9 Å². The summed E-state index contributed by atoms with van der Waals surface area (Å²) in [4.78, 5) is 36.7. The highest BCUT2D eigenvalue weighted by Gasteiger charge is 2.28. The Kier molecular flexibility index (Phi) is 18.3. The Morgan fingerprint density at radius 3 is 2.05 bits per heavy atom. The first-order valence-corrected chi connectivity index (χ1v) is 15.3. The maximum atomic E-state index is 12.8. The third-order valence-electron chi connectivity index (χ3n) is 5.19. The Morgan fingerprint density at radius 1 is 0.919 bits per heavy atom. The standard InChI is InChI=1S/C28H48N2O5S2/c1-20(2)11-9-12-21(3)13-10-14-22(4)15-18-37-19-24(26(32)33)29-25(31)23(16-17-36-8)30-27(34)35-28(5,6)7/h11,13,15,23-24H,9-10,12,14,16-19H2,1-8H3,(H,29,31)(H,30,34)(H,32,33). The van der Waals surface area contributed by atoms with Crippen LogP contribution in [0.1, 0.15) is 80.6 Å². The van der Waals surface area contributed by atoms with E-state index in [1.165, 1.54) is 40.2 Å². The van der Waals surface area contributed by atoms with Gasteiger partial charge in [-0.15, -0.1) is 0 Å². The Labute approximate surface area is 232 Å². The van der Waals surface area contributed by atoms with E-state index in [1.807, 2.05) is 6.26 Å². The largest absolute Gasteiger partial charge is 0.480 e. The SMILES string of the molecule is CSCCC(NC(=O)OC(C)(C)C)C(=O)NC(CSCC=C(C)CCC=C(C)CCC=C(C)C)C(=O)O. The molecule has 7 nitrogen and oxygen atoms in total. The summed E-state index contributed by atoms with van der Waals surface area (Å²) in [5.74, 6) is -0.0896. The minimum atomic E-state index is -1.10. The molecule has 0 aromatic heterocycles. The van der Waals surface area contributed by atoms with Crippen molar-refractivity contribution >= 4 is 41.5 Å². The number of amides is 2. The van der Waals surface area contributed by atoms with Crippen LogP contribution in [0.25, 0.3) is 0 Å². The number of carboxylic acids is 1. The van der Waals surface area contributed by atoms with Crippen LogP contribution < -0.4 is 10.6 Å². The third kappa shape index (κ3) is 19.9. The Morgan fingerprint density at radius 2 is 1.51 bits per heavy atom. The molecule has 2 amide bonds. The number of carbonyl (C=O) groups excluding carboxylic acids is 2. The summed E-state index contributed by atoms with van der Waals surface area (Å²) < 4.78 is 5.25. The van der Waals surface area contributed by atoms with Crippen molar-refractivity contribution in [2.24, 2.45) is 0 Å². The van der Waals surface area contributed by atoms with Gasteiger partial charge in [0.05, 0.1) is 0 Å². The van der Waals surface area contributed by atoms with Gasteiger partial charge in [-0.2, -0.15) is 23.5 Å². The number of rotatable bonds is 17. The van der Waals surface area contributed by atoms with E-state index >= 15 is 0 Å². The first-order chi connectivity index (χ1) is 17.2. The van der Waals surface area contributed by atoms with Crippen molar-refractivity contribution in [3.05, 3.63) is 34.9 Å². The van der Waals surface area contributed by atoms with Gasteiger partial charge in [0.2, 0.25) is 5.91 Å². The molecule has 0 aliphatic heterocycles. The number of hydrogen-bond donors (Lipinski definition) is 3. The van der Waals surface area contributed by atoms with Gasteiger partial charge in [-0.1, -0.05) is 34.9 Å². The molecule has 0 radical (unpaired) electrons.